The van der Waals surface area contributed by atoms with Crippen molar-refractivity contribution in [1.29, 1.82) is 0 Å². The number of aliphatic hydroxyl groups is 1. The van der Waals surface area contributed by atoms with E-state index >= 15 is 0 Å². The largest absolute Gasteiger partial charge is 0.465 e. The van der Waals surface area contributed by atoms with Crippen LogP contribution in [0.15, 0.2) is 54.6 Å². The lowest BCUT2D eigenvalue weighted by molar-refractivity contribution is 0.0477. The molecule has 24 heavy (non-hydrogen) atoms. The molecule has 126 valence electrons. The van der Waals surface area contributed by atoms with Crippen LogP contribution in [0.3, 0.4) is 0 Å². The van der Waals surface area contributed by atoms with E-state index in [2.05, 4.69) is 17.0 Å². The van der Waals surface area contributed by atoms with Gasteiger partial charge in [0.1, 0.15) is 0 Å². The van der Waals surface area contributed by atoms with Crippen LogP contribution in [0.5, 0.6) is 0 Å². The quantitative estimate of drug-likeness (QED) is 0.878. The zero-order valence-corrected chi connectivity index (χ0v) is 13.9. The maximum atomic E-state index is 11.5. The first-order valence-electron chi connectivity index (χ1n) is 8.30. The Morgan fingerprint density at radius 3 is 2.50 bits per heavy atom. The number of ether oxygens (including phenoxy) is 1. The number of piperidine rings is 1. The zero-order valence-electron chi connectivity index (χ0n) is 13.9. The Labute approximate surface area is 142 Å². The van der Waals surface area contributed by atoms with E-state index in [-0.39, 0.29) is 11.9 Å². The molecule has 0 bridgehead atoms. The van der Waals surface area contributed by atoms with Crippen molar-refractivity contribution in [2.75, 3.05) is 20.2 Å². The van der Waals surface area contributed by atoms with Gasteiger partial charge in [-0.25, -0.2) is 4.79 Å². The summed E-state index contributed by atoms with van der Waals surface area (Å²) in [5.74, 6) is -0.219. The van der Waals surface area contributed by atoms with Crippen molar-refractivity contribution in [3.63, 3.8) is 0 Å². The second-order valence-electron chi connectivity index (χ2n) is 6.30. The van der Waals surface area contributed by atoms with E-state index in [1.54, 1.807) is 12.1 Å². The standard InChI is InChI=1S/C20H23NO3/c1-24-20(23)17-9-7-16(8-10-17)18-11-12-21(14-19(18)22)13-15-5-3-2-4-6-15/h2-10,18-19,22H,11-14H2,1H3. The third-order valence-electron chi connectivity index (χ3n) is 4.67. The van der Waals surface area contributed by atoms with Gasteiger partial charge in [0.25, 0.3) is 0 Å². The monoisotopic (exact) mass is 325 g/mol. The highest BCUT2D eigenvalue weighted by molar-refractivity contribution is 5.89. The molecular weight excluding hydrogens is 302 g/mol. The predicted molar refractivity (Wildman–Crippen MR) is 92.9 cm³/mol. The molecule has 1 aliphatic rings. The van der Waals surface area contributed by atoms with Crippen LogP contribution in [0, 0.1) is 0 Å². The molecule has 1 aliphatic heterocycles. The second-order valence-corrected chi connectivity index (χ2v) is 6.30. The van der Waals surface area contributed by atoms with Crippen molar-refractivity contribution in [2.45, 2.75) is 25.0 Å². The van der Waals surface area contributed by atoms with Gasteiger partial charge in [-0.15, -0.1) is 0 Å². The SMILES string of the molecule is COC(=O)c1ccc(C2CCN(Cc3ccccc3)CC2O)cc1. The second kappa shape index (κ2) is 7.60. The first kappa shape index (κ1) is 16.7. The number of hydrogen-bond donors (Lipinski definition) is 1. The predicted octanol–water partition coefficient (Wildman–Crippen LogP) is 2.82. The van der Waals surface area contributed by atoms with Gasteiger partial charge >= 0.3 is 5.97 Å². The molecule has 2 atom stereocenters. The molecule has 1 heterocycles. The van der Waals surface area contributed by atoms with E-state index < -0.39 is 6.10 Å². The van der Waals surface area contributed by atoms with Crippen LogP contribution < -0.4 is 0 Å². The van der Waals surface area contributed by atoms with Gasteiger partial charge in [-0.3, -0.25) is 4.90 Å². The molecule has 0 aliphatic carbocycles. The molecule has 2 aromatic rings. The molecule has 3 rings (SSSR count). The summed E-state index contributed by atoms with van der Waals surface area (Å²) < 4.78 is 4.72. The van der Waals surface area contributed by atoms with Crippen LogP contribution in [-0.2, 0) is 11.3 Å². The lowest BCUT2D eigenvalue weighted by atomic mass is 9.86. The highest BCUT2D eigenvalue weighted by atomic mass is 16.5. The Kier molecular flexibility index (Phi) is 5.28. The van der Waals surface area contributed by atoms with Gasteiger partial charge in [-0.05, 0) is 36.2 Å². The van der Waals surface area contributed by atoms with Crippen LogP contribution in [0.4, 0.5) is 0 Å². The molecule has 0 radical (unpaired) electrons. The maximum absolute atomic E-state index is 11.5. The summed E-state index contributed by atoms with van der Waals surface area (Å²) in [5, 5.41) is 10.6. The smallest absolute Gasteiger partial charge is 0.337 e. The molecule has 4 nitrogen and oxygen atoms in total. The van der Waals surface area contributed by atoms with Gasteiger partial charge < -0.3 is 9.84 Å². The fraction of sp³-hybridized carbons (Fsp3) is 0.350. The maximum Gasteiger partial charge on any atom is 0.337 e. The lowest BCUT2D eigenvalue weighted by Crippen LogP contribution is -2.42. The average molecular weight is 325 g/mol. The molecule has 0 saturated carbocycles. The Hall–Kier alpha value is -2.17. The van der Waals surface area contributed by atoms with E-state index in [1.165, 1.54) is 12.7 Å². The van der Waals surface area contributed by atoms with Crippen LogP contribution in [0.1, 0.15) is 33.8 Å². The normalized spacial score (nSPS) is 21.4. The van der Waals surface area contributed by atoms with Crippen LogP contribution in [-0.4, -0.2) is 42.3 Å². The van der Waals surface area contributed by atoms with E-state index in [0.717, 1.165) is 25.1 Å². The van der Waals surface area contributed by atoms with E-state index in [1.807, 2.05) is 30.3 Å². The molecule has 4 heteroatoms. The van der Waals surface area contributed by atoms with Gasteiger partial charge in [-0.2, -0.15) is 0 Å². The summed E-state index contributed by atoms with van der Waals surface area (Å²) >= 11 is 0. The van der Waals surface area contributed by atoms with E-state index in [0.29, 0.717) is 12.1 Å². The highest BCUT2D eigenvalue weighted by Gasteiger charge is 2.28. The van der Waals surface area contributed by atoms with Gasteiger partial charge in [0, 0.05) is 19.0 Å². The number of benzene rings is 2. The van der Waals surface area contributed by atoms with Crippen molar-refractivity contribution in [3.8, 4) is 0 Å². The molecule has 2 aromatic carbocycles. The number of esters is 1. The molecule has 0 spiro atoms. The number of likely N-dealkylation sites (tertiary alicyclic amines) is 1. The molecule has 1 saturated heterocycles. The Morgan fingerprint density at radius 1 is 1.17 bits per heavy atom. The number of hydrogen-bond acceptors (Lipinski definition) is 4. The zero-order chi connectivity index (χ0) is 16.9. The number of carbonyl (C=O) groups excluding carboxylic acids is 1. The van der Waals surface area contributed by atoms with Crippen molar-refractivity contribution in [2.24, 2.45) is 0 Å². The number of methoxy groups -OCH3 is 1. The highest BCUT2D eigenvalue weighted by Crippen LogP contribution is 2.29. The minimum Gasteiger partial charge on any atom is -0.465 e. The third kappa shape index (κ3) is 3.83. The molecule has 2 unspecified atom stereocenters. The molecule has 0 aromatic heterocycles. The van der Waals surface area contributed by atoms with E-state index in [9.17, 15) is 9.90 Å². The van der Waals surface area contributed by atoms with Crippen molar-refractivity contribution in [3.05, 3.63) is 71.3 Å². The van der Waals surface area contributed by atoms with Crippen molar-refractivity contribution in [1.82, 2.24) is 4.90 Å². The molecule has 0 amide bonds. The average Bonchev–Trinajstić information content (AvgIpc) is 2.62. The van der Waals surface area contributed by atoms with Crippen molar-refractivity contribution < 1.29 is 14.6 Å². The lowest BCUT2D eigenvalue weighted by Gasteiger charge is -2.36. The van der Waals surface area contributed by atoms with Crippen LogP contribution in [0.25, 0.3) is 0 Å². The fourth-order valence-corrected chi connectivity index (χ4v) is 3.36. The first-order valence-corrected chi connectivity index (χ1v) is 8.30. The van der Waals surface area contributed by atoms with Gasteiger partial charge in [-0.1, -0.05) is 42.5 Å². The number of β-amino-alcohol motifs (C(OH)–C–C–N with tert-alkyl or cyclic N) is 1. The summed E-state index contributed by atoms with van der Waals surface area (Å²) in [6.45, 7) is 2.49. The summed E-state index contributed by atoms with van der Waals surface area (Å²) in [7, 11) is 1.38. The molecular formula is C20H23NO3. The number of carbonyl (C=O) groups is 1. The first-order chi connectivity index (χ1) is 11.7. The summed E-state index contributed by atoms with van der Waals surface area (Å²) in [6, 6.07) is 17.7. The topological polar surface area (TPSA) is 49.8 Å². The van der Waals surface area contributed by atoms with E-state index in [4.69, 9.17) is 4.74 Å². The fourth-order valence-electron chi connectivity index (χ4n) is 3.36. The van der Waals surface area contributed by atoms with Gasteiger partial charge in [0.2, 0.25) is 0 Å². The summed E-state index contributed by atoms with van der Waals surface area (Å²) in [5.41, 5.74) is 2.89. The molecule has 1 N–H and O–H groups in total. The van der Waals surface area contributed by atoms with Crippen molar-refractivity contribution >= 4 is 5.97 Å². The van der Waals surface area contributed by atoms with Gasteiger partial charge in [0.05, 0.1) is 18.8 Å². The Bertz CT molecular complexity index is 669. The third-order valence-corrected chi connectivity index (χ3v) is 4.67. The number of nitrogens with zero attached hydrogens (tertiary/aromatic N) is 1. The van der Waals surface area contributed by atoms with Gasteiger partial charge in [0.15, 0.2) is 0 Å². The number of rotatable bonds is 4. The van der Waals surface area contributed by atoms with Crippen LogP contribution in [0.2, 0.25) is 0 Å². The summed E-state index contributed by atoms with van der Waals surface area (Å²) in [4.78, 5) is 13.8. The minimum absolute atomic E-state index is 0.115. The minimum atomic E-state index is -0.397. The summed E-state index contributed by atoms with van der Waals surface area (Å²) in [6.07, 6.45) is 0.511. The van der Waals surface area contributed by atoms with Crippen LogP contribution >= 0.6 is 0 Å². The molecule has 1 fully saturated rings. The number of aliphatic hydroxyl groups excluding tert-OH is 1. The Morgan fingerprint density at radius 2 is 1.88 bits per heavy atom. The Balaban J connectivity index is 1.62.